The van der Waals surface area contributed by atoms with E-state index in [4.69, 9.17) is 0 Å². The van der Waals surface area contributed by atoms with Gasteiger partial charge in [0.15, 0.2) is 6.61 Å². The molecule has 13 heteroatoms. The maximum Gasteiger partial charge on any atom is 0.422 e. The van der Waals surface area contributed by atoms with Gasteiger partial charge in [-0.15, -0.1) is 0 Å². The summed E-state index contributed by atoms with van der Waals surface area (Å²) in [4.78, 5) is 0. The maximum absolute atomic E-state index is 13.0. The fourth-order valence-electron chi connectivity index (χ4n) is 1.26. The van der Waals surface area contributed by atoms with Crippen molar-refractivity contribution in [2.75, 3.05) is 6.61 Å². The van der Waals surface area contributed by atoms with Gasteiger partial charge in [-0.2, -0.15) is 48.3 Å². The van der Waals surface area contributed by atoms with Crippen LogP contribution in [0.2, 0.25) is 0 Å². The molecular formula is C8H2F12O. The molecule has 0 saturated heterocycles. The summed E-state index contributed by atoms with van der Waals surface area (Å²) >= 11 is 0. The second kappa shape index (κ2) is 4.35. The Labute approximate surface area is 107 Å². The van der Waals surface area contributed by atoms with Gasteiger partial charge in [-0.1, -0.05) is 0 Å². The molecule has 0 aliphatic heterocycles. The molecule has 124 valence electrons. The van der Waals surface area contributed by atoms with Crippen molar-refractivity contribution in [1.29, 1.82) is 0 Å². The van der Waals surface area contributed by atoms with Gasteiger partial charge in [0.2, 0.25) is 11.6 Å². The van der Waals surface area contributed by atoms with Crippen LogP contribution in [0, 0.1) is 0 Å². The molecule has 0 radical (unpaired) electrons. The summed E-state index contributed by atoms with van der Waals surface area (Å²) in [5.74, 6) is -34.0. The molecule has 0 unspecified atom stereocenters. The number of alkyl halides is 11. The predicted molar refractivity (Wildman–Crippen MR) is 39.9 cm³/mol. The summed E-state index contributed by atoms with van der Waals surface area (Å²) in [6.45, 7) is -2.86. The Morgan fingerprint density at radius 2 is 1.14 bits per heavy atom. The zero-order chi connectivity index (χ0) is 17.1. The Bertz CT molecular complexity index is 458. The van der Waals surface area contributed by atoms with Gasteiger partial charge in [-0.3, -0.25) is 0 Å². The molecule has 1 aliphatic carbocycles. The van der Waals surface area contributed by atoms with Crippen molar-refractivity contribution in [3.05, 3.63) is 11.6 Å². The molecule has 0 N–H and O–H groups in total. The zero-order valence-corrected chi connectivity index (χ0v) is 9.15. The number of hydrogen-bond acceptors (Lipinski definition) is 1. The maximum atomic E-state index is 13.0. The Morgan fingerprint density at radius 1 is 0.762 bits per heavy atom. The summed E-state index contributed by atoms with van der Waals surface area (Å²) in [6.07, 6.45) is -5.49. The van der Waals surface area contributed by atoms with Crippen LogP contribution in [0.4, 0.5) is 52.7 Å². The van der Waals surface area contributed by atoms with E-state index in [-0.39, 0.29) is 0 Å². The molecule has 1 aliphatic rings. The van der Waals surface area contributed by atoms with Gasteiger partial charge in [-0.25, -0.2) is 4.39 Å². The Kier molecular flexibility index (Phi) is 3.68. The molecule has 0 atom stereocenters. The average molecular weight is 342 g/mol. The first-order valence-corrected chi connectivity index (χ1v) is 4.61. The topological polar surface area (TPSA) is 9.23 Å². The third-order valence-electron chi connectivity index (χ3n) is 2.32. The van der Waals surface area contributed by atoms with Gasteiger partial charge in [0.05, 0.1) is 0 Å². The van der Waals surface area contributed by atoms with E-state index in [9.17, 15) is 52.7 Å². The average Bonchev–Trinajstić information content (AvgIpc) is 2.24. The van der Waals surface area contributed by atoms with Crippen LogP contribution in [0.15, 0.2) is 11.6 Å². The number of allylic oxidation sites excluding steroid dienone is 2. The Morgan fingerprint density at radius 3 is 1.52 bits per heavy atom. The lowest BCUT2D eigenvalue weighted by molar-refractivity contribution is -0.372. The molecule has 0 aromatic heterocycles. The van der Waals surface area contributed by atoms with E-state index < -0.39 is 48.1 Å². The van der Waals surface area contributed by atoms with Crippen molar-refractivity contribution < 1.29 is 57.4 Å². The lowest BCUT2D eigenvalue weighted by Crippen LogP contribution is -2.67. The van der Waals surface area contributed by atoms with Crippen molar-refractivity contribution in [3.63, 3.8) is 0 Å². The highest BCUT2D eigenvalue weighted by molar-refractivity contribution is 5.32. The second-order valence-corrected chi connectivity index (χ2v) is 3.84. The molecule has 0 heterocycles. The lowest BCUT2D eigenvalue weighted by Gasteiger charge is -2.41. The molecular weight excluding hydrogens is 340 g/mol. The van der Waals surface area contributed by atoms with Crippen LogP contribution in [0.1, 0.15) is 0 Å². The first kappa shape index (κ1) is 17.8. The fraction of sp³-hybridized carbons (Fsp3) is 0.750. The number of halogens is 12. The molecule has 0 saturated carbocycles. The van der Waals surface area contributed by atoms with Crippen molar-refractivity contribution in [3.8, 4) is 0 Å². The van der Waals surface area contributed by atoms with E-state index in [1.54, 1.807) is 0 Å². The van der Waals surface area contributed by atoms with Gasteiger partial charge in [0.25, 0.3) is 0 Å². The summed E-state index contributed by atoms with van der Waals surface area (Å²) in [5.41, 5.74) is 0. The SMILES string of the molecule is FC1=C(OCC(F)(F)F)C(F)(F)C(F)(F)C(F)(F)C1(F)F. The standard InChI is InChI=1S/C8H2F12O/c9-2-3(21-1-4(10,11)12)6(15,16)8(19,20)7(17,18)5(2,13)14/h1H2. The van der Waals surface area contributed by atoms with Gasteiger partial charge < -0.3 is 4.74 Å². The Balaban J connectivity index is 3.46. The molecule has 0 aromatic rings. The van der Waals surface area contributed by atoms with Crippen molar-refractivity contribution in [2.24, 2.45) is 0 Å². The third kappa shape index (κ3) is 2.29. The van der Waals surface area contributed by atoms with Crippen LogP contribution in [-0.2, 0) is 4.74 Å². The highest BCUT2D eigenvalue weighted by atomic mass is 19.4. The minimum atomic E-state index is -6.88. The fourth-order valence-corrected chi connectivity index (χ4v) is 1.26. The molecule has 0 aromatic carbocycles. The number of rotatable bonds is 2. The predicted octanol–water partition coefficient (Wildman–Crippen LogP) is 4.30. The minimum Gasteiger partial charge on any atom is -0.479 e. The summed E-state index contributed by atoms with van der Waals surface area (Å²) in [7, 11) is 0. The second-order valence-electron chi connectivity index (χ2n) is 3.84. The van der Waals surface area contributed by atoms with Crippen LogP contribution >= 0.6 is 0 Å². The molecule has 21 heavy (non-hydrogen) atoms. The molecule has 0 spiro atoms. The highest BCUT2D eigenvalue weighted by Gasteiger charge is 2.87. The summed E-state index contributed by atoms with van der Waals surface area (Å²) in [5, 5.41) is 0. The van der Waals surface area contributed by atoms with Gasteiger partial charge in [0, 0.05) is 0 Å². The smallest absolute Gasteiger partial charge is 0.422 e. The summed E-state index contributed by atoms with van der Waals surface area (Å²) in [6, 6.07) is 0. The van der Waals surface area contributed by atoms with Gasteiger partial charge >= 0.3 is 29.9 Å². The lowest BCUT2D eigenvalue weighted by atomic mass is 9.89. The molecule has 1 nitrogen and oxygen atoms in total. The van der Waals surface area contributed by atoms with Crippen LogP contribution in [0.5, 0.6) is 0 Å². The first-order valence-electron chi connectivity index (χ1n) is 4.61. The molecule has 0 bridgehead atoms. The van der Waals surface area contributed by atoms with Crippen LogP contribution in [-0.4, -0.2) is 36.5 Å². The van der Waals surface area contributed by atoms with E-state index in [1.165, 1.54) is 0 Å². The van der Waals surface area contributed by atoms with Crippen LogP contribution in [0.25, 0.3) is 0 Å². The minimum absolute atomic E-state index is 2.86. The first-order chi connectivity index (χ1) is 9.00. The number of hydrogen-bond donors (Lipinski definition) is 0. The van der Waals surface area contributed by atoms with E-state index >= 15 is 0 Å². The number of ether oxygens (including phenoxy) is 1. The van der Waals surface area contributed by atoms with Crippen molar-refractivity contribution in [1.82, 2.24) is 0 Å². The largest absolute Gasteiger partial charge is 0.479 e. The van der Waals surface area contributed by atoms with Crippen LogP contribution < -0.4 is 0 Å². The third-order valence-corrected chi connectivity index (χ3v) is 2.32. The molecule has 0 amide bonds. The summed E-state index contributed by atoms with van der Waals surface area (Å²) < 4.78 is 153. The normalized spacial score (nSPS) is 26.7. The van der Waals surface area contributed by atoms with E-state index in [1.807, 2.05) is 0 Å². The van der Waals surface area contributed by atoms with E-state index in [2.05, 4.69) is 4.74 Å². The van der Waals surface area contributed by atoms with Gasteiger partial charge in [-0.05, 0) is 0 Å². The quantitative estimate of drug-likeness (QED) is 0.680. The van der Waals surface area contributed by atoms with E-state index in [0.717, 1.165) is 0 Å². The highest BCUT2D eigenvalue weighted by Crippen LogP contribution is 2.62. The Hall–Kier alpha value is -1.30. The van der Waals surface area contributed by atoms with Crippen LogP contribution in [0.3, 0.4) is 0 Å². The van der Waals surface area contributed by atoms with Gasteiger partial charge in [0.1, 0.15) is 0 Å². The monoisotopic (exact) mass is 342 g/mol. The van der Waals surface area contributed by atoms with E-state index in [0.29, 0.717) is 0 Å². The molecule has 0 fully saturated rings. The van der Waals surface area contributed by atoms with Crippen molar-refractivity contribution in [2.45, 2.75) is 29.9 Å². The van der Waals surface area contributed by atoms with Crippen molar-refractivity contribution >= 4 is 0 Å². The zero-order valence-electron chi connectivity index (χ0n) is 9.15. The molecule has 1 rings (SSSR count).